The highest BCUT2D eigenvalue weighted by molar-refractivity contribution is 7.92. The molecule has 0 aliphatic heterocycles. The van der Waals surface area contributed by atoms with E-state index in [0.29, 0.717) is 10.7 Å². The van der Waals surface area contributed by atoms with Gasteiger partial charge in [-0.05, 0) is 55.0 Å². The lowest BCUT2D eigenvalue weighted by Crippen LogP contribution is -2.14. The van der Waals surface area contributed by atoms with Crippen LogP contribution in [0.25, 0.3) is 0 Å². The minimum absolute atomic E-state index is 0.0459. The fourth-order valence-corrected chi connectivity index (χ4v) is 4.26. The molecule has 3 rings (SSSR count). The average Bonchev–Trinajstić information content (AvgIpc) is 3.13. The predicted molar refractivity (Wildman–Crippen MR) is 110 cm³/mol. The van der Waals surface area contributed by atoms with E-state index in [-0.39, 0.29) is 28.0 Å². The third kappa shape index (κ3) is 4.96. The minimum atomic E-state index is -3.87. The summed E-state index contributed by atoms with van der Waals surface area (Å²) in [5.41, 5.74) is 0.852. The number of hydrogen-bond acceptors (Lipinski definition) is 6. The van der Waals surface area contributed by atoms with Crippen LogP contribution in [-0.4, -0.2) is 24.5 Å². The van der Waals surface area contributed by atoms with E-state index in [2.05, 4.69) is 20.2 Å². The molecule has 1 amide bonds. The van der Waals surface area contributed by atoms with Crippen molar-refractivity contribution in [3.05, 3.63) is 64.4 Å². The van der Waals surface area contributed by atoms with Crippen LogP contribution in [0.5, 0.6) is 0 Å². The molecule has 1 heterocycles. The number of aryl methyl sites for hydroxylation is 1. The maximum absolute atomic E-state index is 13.4. The van der Waals surface area contributed by atoms with Gasteiger partial charge in [-0.25, -0.2) is 12.8 Å². The third-order valence-electron chi connectivity index (χ3n) is 3.99. The Bertz CT molecular complexity index is 1140. The van der Waals surface area contributed by atoms with Crippen LogP contribution in [0.2, 0.25) is 0 Å². The number of halogens is 1. The first-order valence-electron chi connectivity index (χ1n) is 8.69. The van der Waals surface area contributed by atoms with E-state index in [9.17, 15) is 17.6 Å². The number of benzene rings is 2. The SMILES string of the molecule is Cc1cc(S(=O)(=O)Nc2ccc(C(=O)Nc3nnc(C(C)C)s3)cc2)ccc1F. The molecule has 2 N–H and O–H groups in total. The molecule has 0 spiro atoms. The number of carbonyl (C=O) groups excluding carboxylic acids is 1. The second-order valence-corrected chi connectivity index (χ2v) is 9.34. The van der Waals surface area contributed by atoms with Crippen molar-refractivity contribution in [2.75, 3.05) is 10.0 Å². The van der Waals surface area contributed by atoms with Crippen LogP contribution in [0.3, 0.4) is 0 Å². The number of sulfonamides is 1. The average molecular weight is 435 g/mol. The van der Waals surface area contributed by atoms with E-state index in [1.165, 1.54) is 54.7 Å². The number of carbonyl (C=O) groups is 1. The number of aromatic nitrogens is 2. The molecule has 0 unspecified atom stereocenters. The largest absolute Gasteiger partial charge is 0.296 e. The smallest absolute Gasteiger partial charge is 0.261 e. The number of hydrogen-bond donors (Lipinski definition) is 2. The van der Waals surface area contributed by atoms with Gasteiger partial charge in [0.15, 0.2) is 0 Å². The summed E-state index contributed by atoms with van der Waals surface area (Å²) in [6, 6.07) is 9.49. The molecule has 152 valence electrons. The minimum Gasteiger partial charge on any atom is -0.296 e. The zero-order valence-electron chi connectivity index (χ0n) is 15.9. The first-order valence-corrected chi connectivity index (χ1v) is 11.0. The Morgan fingerprint density at radius 3 is 2.38 bits per heavy atom. The molecule has 0 aliphatic carbocycles. The molecule has 0 saturated carbocycles. The number of nitrogens with one attached hydrogen (secondary N) is 2. The Balaban J connectivity index is 1.70. The normalized spacial score (nSPS) is 11.5. The summed E-state index contributed by atoms with van der Waals surface area (Å²) in [6.45, 7) is 5.46. The Morgan fingerprint density at radius 1 is 1.10 bits per heavy atom. The van der Waals surface area contributed by atoms with Crippen LogP contribution in [0.4, 0.5) is 15.2 Å². The summed E-state index contributed by atoms with van der Waals surface area (Å²) < 4.78 is 40.7. The molecule has 0 atom stereocenters. The summed E-state index contributed by atoms with van der Waals surface area (Å²) in [7, 11) is -3.87. The molecule has 0 saturated heterocycles. The highest BCUT2D eigenvalue weighted by Gasteiger charge is 2.16. The first-order chi connectivity index (χ1) is 13.7. The molecule has 29 heavy (non-hydrogen) atoms. The van der Waals surface area contributed by atoms with Gasteiger partial charge in [0.25, 0.3) is 15.9 Å². The van der Waals surface area contributed by atoms with E-state index in [1.54, 1.807) is 0 Å². The van der Waals surface area contributed by atoms with Gasteiger partial charge in [-0.3, -0.25) is 14.8 Å². The van der Waals surface area contributed by atoms with Crippen molar-refractivity contribution < 1.29 is 17.6 Å². The standard InChI is InChI=1S/C19H19FN4O3S2/c1-11(2)18-22-23-19(28-18)21-17(25)13-4-6-14(7-5-13)24-29(26,27)15-8-9-16(20)12(3)10-15/h4-11,24H,1-3H3,(H,21,23,25). The fraction of sp³-hybridized carbons (Fsp3) is 0.211. The third-order valence-corrected chi connectivity index (χ3v) is 6.51. The summed E-state index contributed by atoms with van der Waals surface area (Å²) in [6.07, 6.45) is 0. The Kier molecular flexibility index (Phi) is 5.94. The molecule has 0 bridgehead atoms. The van der Waals surface area contributed by atoms with Crippen molar-refractivity contribution in [2.45, 2.75) is 31.6 Å². The van der Waals surface area contributed by atoms with Crippen LogP contribution in [0.1, 0.15) is 40.7 Å². The van der Waals surface area contributed by atoms with Crippen LogP contribution in [0.15, 0.2) is 47.4 Å². The van der Waals surface area contributed by atoms with Crippen molar-refractivity contribution in [1.29, 1.82) is 0 Å². The second-order valence-electron chi connectivity index (χ2n) is 6.65. The highest BCUT2D eigenvalue weighted by atomic mass is 32.2. The number of nitrogens with zero attached hydrogens (tertiary/aromatic N) is 2. The summed E-state index contributed by atoms with van der Waals surface area (Å²) in [4.78, 5) is 12.3. The van der Waals surface area contributed by atoms with Gasteiger partial charge in [0.2, 0.25) is 5.13 Å². The van der Waals surface area contributed by atoms with E-state index in [0.717, 1.165) is 11.1 Å². The number of anilines is 2. The monoisotopic (exact) mass is 434 g/mol. The van der Waals surface area contributed by atoms with E-state index < -0.39 is 15.8 Å². The quantitative estimate of drug-likeness (QED) is 0.607. The maximum Gasteiger partial charge on any atom is 0.261 e. The topological polar surface area (TPSA) is 101 Å². The van der Waals surface area contributed by atoms with Crippen LogP contribution < -0.4 is 10.0 Å². The fourth-order valence-electron chi connectivity index (χ4n) is 2.38. The second kappa shape index (κ2) is 8.26. The van der Waals surface area contributed by atoms with Gasteiger partial charge in [0, 0.05) is 17.2 Å². The highest BCUT2D eigenvalue weighted by Crippen LogP contribution is 2.23. The summed E-state index contributed by atoms with van der Waals surface area (Å²) in [5.74, 6) is -0.634. The van der Waals surface area contributed by atoms with Gasteiger partial charge in [-0.1, -0.05) is 25.2 Å². The molecule has 10 heteroatoms. The molecule has 7 nitrogen and oxygen atoms in total. The first kappa shape index (κ1) is 20.9. The van der Waals surface area contributed by atoms with Crippen molar-refractivity contribution in [3.63, 3.8) is 0 Å². The van der Waals surface area contributed by atoms with Crippen molar-refractivity contribution in [2.24, 2.45) is 0 Å². The van der Waals surface area contributed by atoms with Gasteiger partial charge >= 0.3 is 0 Å². The Hall–Kier alpha value is -2.85. The van der Waals surface area contributed by atoms with Crippen molar-refractivity contribution in [3.8, 4) is 0 Å². The zero-order chi connectivity index (χ0) is 21.2. The lowest BCUT2D eigenvalue weighted by Gasteiger charge is -2.09. The van der Waals surface area contributed by atoms with Crippen molar-refractivity contribution in [1.82, 2.24) is 10.2 Å². The van der Waals surface area contributed by atoms with Crippen LogP contribution >= 0.6 is 11.3 Å². The summed E-state index contributed by atoms with van der Waals surface area (Å²) in [5, 5.41) is 11.8. The molecule has 3 aromatic rings. The number of rotatable bonds is 6. The van der Waals surface area contributed by atoms with E-state index in [4.69, 9.17) is 0 Å². The van der Waals surface area contributed by atoms with Crippen molar-refractivity contribution >= 4 is 38.1 Å². The molecule has 1 aromatic heterocycles. The van der Waals surface area contributed by atoms with Crippen LogP contribution in [0, 0.1) is 12.7 Å². The van der Waals surface area contributed by atoms with Crippen LogP contribution in [-0.2, 0) is 10.0 Å². The van der Waals surface area contributed by atoms with E-state index >= 15 is 0 Å². The summed E-state index contributed by atoms with van der Waals surface area (Å²) >= 11 is 1.30. The molecule has 0 fully saturated rings. The van der Waals surface area contributed by atoms with Gasteiger partial charge < -0.3 is 0 Å². The molecule has 0 radical (unpaired) electrons. The Morgan fingerprint density at radius 2 is 1.79 bits per heavy atom. The molecular weight excluding hydrogens is 415 g/mol. The maximum atomic E-state index is 13.4. The van der Waals surface area contributed by atoms with Gasteiger partial charge in [0.05, 0.1) is 4.90 Å². The zero-order valence-corrected chi connectivity index (χ0v) is 17.6. The van der Waals surface area contributed by atoms with Gasteiger partial charge in [-0.2, -0.15) is 0 Å². The van der Waals surface area contributed by atoms with Gasteiger partial charge in [-0.15, -0.1) is 10.2 Å². The number of amides is 1. The van der Waals surface area contributed by atoms with Gasteiger partial charge in [0.1, 0.15) is 10.8 Å². The van der Waals surface area contributed by atoms with E-state index in [1.807, 2.05) is 13.8 Å². The predicted octanol–water partition coefficient (Wildman–Crippen LogP) is 4.16. The molecule has 2 aromatic carbocycles. The molecular formula is C19H19FN4O3S2. The lowest BCUT2D eigenvalue weighted by atomic mass is 10.2. The molecule has 0 aliphatic rings. The lowest BCUT2D eigenvalue weighted by molar-refractivity contribution is 0.102. The Labute approximate surface area is 172 Å².